The quantitative estimate of drug-likeness (QED) is 0.459. The lowest BCUT2D eigenvalue weighted by molar-refractivity contribution is -0.169. The summed E-state index contributed by atoms with van der Waals surface area (Å²) >= 11 is 0. The number of benzene rings is 1. The molecule has 188 valence electrons. The molecule has 8 nitrogen and oxygen atoms in total. The highest BCUT2D eigenvalue weighted by Crippen LogP contribution is 2.55. The summed E-state index contributed by atoms with van der Waals surface area (Å²) in [6.07, 6.45) is -2.65. The standard InChI is InChI=1S/C24H26F3N3O5/c1-22-12-29(9-5-3-4-6-17(31)32)13-23(2,35-22)19-18(22)20(33)30(21(19)34)15-8-7-14(11-28)16(10-15)24(25,26)27/h7-8,10,18-19H,3-6,9,12-13H2,1-2H3,(H,31,32)/t18-,19?,22+,23-/m0/s1. The van der Waals surface area contributed by atoms with E-state index in [0.29, 0.717) is 32.1 Å². The zero-order chi connectivity index (χ0) is 25.8. The van der Waals surface area contributed by atoms with Crippen LogP contribution in [-0.2, 0) is 25.3 Å². The molecule has 11 heteroatoms. The molecule has 0 aromatic heterocycles. The number of carboxylic acid groups (broad SMARTS) is 1. The van der Waals surface area contributed by atoms with Crippen molar-refractivity contribution in [3.63, 3.8) is 0 Å². The SMILES string of the molecule is C[C@]12CN(CCCCCC(=O)O)C[C@](C)(O1)C1C(=O)N(c3ccc(C#N)c(C(F)(F)F)c3)C(=O)[C@H]12. The number of morpholine rings is 1. The second kappa shape index (κ2) is 8.60. The highest BCUT2D eigenvalue weighted by atomic mass is 19.4. The molecule has 2 amide bonds. The molecular formula is C24H26F3N3O5. The average molecular weight is 493 g/mol. The van der Waals surface area contributed by atoms with E-state index >= 15 is 0 Å². The van der Waals surface area contributed by atoms with Crippen LogP contribution in [0.2, 0.25) is 0 Å². The van der Waals surface area contributed by atoms with Gasteiger partial charge in [-0.2, -0.15) is 18.4 Å². The Hall–Kier alpha value is -2.97. The number of nitrogens with zero attached hydrogens (tertiary/aromatic N) is 3. The Morgan fingerprint density at radius 1 is 1.14 bits per heavy atom. The van der Waals surface area contributed by atoms with Crippen LogP contribution in [-0.4, -0.2) is 58.6 Å². The van der Waals surface area contributed by atoms with Crippen LogP contribution in [0.1, 0.15) is 50.7 Å². The normalized spacial score (nSPS) is 30.5. The summed E-state index contributed by atoms with van der Waals surface area (Å²) < 4.78 is 46.7. The molecule has 1 N–H and O–H groups in total. The van der Waals surface area contributed by atoms with Crippen molar-refractivity contribution in [2.45, 2.75) is 56.9 Å². The number of anilines is 1. The summed E-state index contributed by atoms with van der Waals surface area (Å²) in [6.45, 7) is 4.90. The molecule has 3 saturated heterocycles. The molecule has 0 spiro atoms. The maximum atomic E-state index is 13.5. The van der Waals surface area contributed by atoms with E-state index in [2.05, 4.69) is 4.90 Å². The Kier molecular flexibility index (Phi) is 6.18. The third kappa shape index (κ3) is 4.29. The smallest absolute Gasteiger partial charge is 0.417 e. The molecular weight excluding hydrogens is 467 g/mol. The summed E-state index contributed by atoms with van der Waals surface area (Å²) in [6, 6.07) is 4.34. The van der Waals surface area contributed by atoms with Crippen molar-refractivity contribution in [3.8, 4) is 6.07 Å². The molecule has 35 heavy (non-hydrogen) atoms. The molecule has 3 aliphatic heterocycles. The van der Waals surface area contributed by atoms with Crippen LogP contribution in [0.25, 0.3) is 0 Å². The monoisotopic (exact) mass is 493 g/mol. The Morgan fingerprint density at radius 3 is 2.26 bits per heavy atom. The number of ether oxygens (including phenoxy) is 1. The molecule has 0 radical (unpaired) electrons. The van der Waals surface area contributed by atoms with Crippen molar-refractivity contribution in [1.82, 2.24) is 4.90 Å². The number of amides is 2. The van der Waals surface area contributed by atoms with Gasteiger partial charge < -0.3 is 9.84 Å². The van der Waals surface area contributed by atoms with Crippen LogP contribution in [0.15, 0.2) is 18.2 Å². The number of fused-ring (bicyclic) bond motifs is 5. The number of unbranched alkanes of at least 4 members (excludes halogenated alkanes) is 2. The number of carboxylic acids is 1. The van der Waals surface area contributed by atoms with Crippen molar-refractivity contribution in [2.75, 3.05) is 24.5 Å². The number of imide groups is 1. The molecule has 1 aromatic carbocycles. The van der Waals surface area contributed by atoms with E-state index in [-0.39, 0.29) is 12.1 Å². The highest BCUT2D eigenvalue weighted by Gasteiger charge is 2.71. The number of likely N-dealkylation sites (tertiary alicyclic amines) is 1. The molecule has 3 heterocycles. The van der Waals surface area contributed by atoms with Crippen molar-refractivity contribution in [3.05, 3.63) is 29.3 Å². The molecule has 1 unspecified atom stereocenters. The van der Waals surface area contributed by atoms with E-state index in [0.717, 1.165) is 23.8 Å². The van der Waals surface area contributed by atoms with Gasteiger partial charge in [-0.05, 0) is 51.4 Å². The predicted molar refractivity (Wildman–Crippen MR) is 116 cm³/mol. The minimum absolute atomic E-state index is 0.104. The molecule has 0 saturated carbocycles. The van der Waals surface area contributed by atoms with Gasteiger partial charge in [0.05, 0.1) is 45.9 Å². The lowest BCUT2D eigenvalue weighted by Crippen LogP contribution is -2.58. The Morgan fingerprint density at radius 2 is 1.74 bits per heavy atom. The molecule has 0 aliphatic carbocycles. The van der Waals surface area contributed by atoms with Crippen molar-refractivity contribution in [2.24, 2.45) is 11.8 Å². The summed E-state index contributed by atoms with van der Waals surface area (Å²) in [4.78, 5) is 40.6. The largest absolute Gasteiger partial charge is 0.481 e. The second-order valence-corrected chi connectivity index (χ2v) is 9.95. The zero-order valence-electron chi connectivity index (χ0n) is 19.4. The Bertz CT molecular complexity index is 1080. The minimum Gasteiger partial charge on any atom is -0.481 e. The summed E-state index contributed by atoms with van der Waals surface area (Å²) in [5, 5.41) is 17.8. The van der Waals surface area contributed by atoms with Gasteiger partial charge in [-0.3, -0.25) is 19.3 Å². The summed E-state index contributed by atoms with van der Waals surface area (Å²) in [7, 11) is 0. The number of aliphatic carboxylic acids is 1. The third-order valence-corrected chi connectivity index (χ3v) is 7.22. The highest BCUT2D eigenvalue weighted by molar-refractivity contribution is 6.23. The lowest BCUT2D eigenvalue weighted by Gasteiger charge is -2.45. The fourth-order valence-corrected chi connectivity index (χ4v) is 5.97. The number of carbonyl (C=O) groups is 3. The molecule has 3 aliphatic rings. The van der Waals surface area contributed by atoms with Crippen molar-refractivity contribution >= 4 is 23.5 Å². The van der Waals surface area contributed by atoms with Crippen LogP contribution < -0.4 is 4.90 Å². The number of carbonyl (C=O) groups excluding carboxylic acids is 2. The summed E-state index contributed by atoms with van der Waals surface area (Å²) in [5.74, 6) is -3.74. The topological polar surface area (TPSA) is 111 Å². The average Bonchev–Trinajstić information content (AvgIpc) is 3.12. The van der Waals surface area contributed by atoms with Crippen molar-refractivity contribution < 1.29 is 37.4 Å². The molecule has 4 atom stereocenters. The van der Waals surface area contributed by atoms with Gasteiger partial charge in [-0.15, -0.1) is 0 Å². The van der Waals surface area contributed by atoms with Gasteiger partial charge in [0.25, 0.3) is 0 Å². The van der Waals surface area contributed by atoms with Crippen LogP contribution in [0.5, 0.6) is 0 Å². The lowest BCUT2D eigenvalue weighted by atomic mass is 9.79. The van der Waals surface area contributed by atoms with E-state index in [4.69, 9.17) is 15.1 Å². The first-order chi connectivity index (χ1) is 16.3. The predicted octanol–water partition coefficient (Wildman–Crippen LogP) is 3.19. The van der Waals surface area contributed by atoms with Crippen LogP contribution in [0, 0.1) is 23.2 Å². The zero-order valence-corrected chi connectivity index (χ0v) is 19.4. The third-order valence-electron chi connectivity index (χ3n) is 7.22. The molecule has 2 bridgehead atoms. The van der Waals surface area contributed by atoms with Gasteiger partial charge in [-0.25, -0.2) is 4.90 Å². The number of hydrogen-bond acceptors (Lipinski definition) is 6. The number of halogens is 3. The summed E-state index contributed by atoms with van der Waals surface area (Å²) in [5.41, 5.74) is -3.99. The molecule has 4 rings (SSSR count). The second-order valence-electron chi connectivity index (χ2n) is 9.95. The number of hydrogen-bond donors (Lipinski definition) is 1. The number of rotatable bonds is 7. The van der Waals surface area contributed by atoms with Crippen LogP contribution >= 0.6 is 0 Å². The van der Waals surface area contributed by atoms with E-state index in [1.807, 2.05) is 0 Å². The first kappa shape index (κ1) is 25.1. The number of alkyl halides is 3. The maximum absolute atomic E-state index is 13.5. The van der Waals surface area contributed by atoms with Gasteiger partial charge in [0.1, 0.15) is 0 Å². The van der Waals surface area contributed by atoms with E-state index in [9.17, 15) is 27.6 Å². The number of nitriles is 1. The van der Waals surface area contributed by atoms with Crippen LogP contribution in [0.3, 0.4) is 0 Å². The fraction of sp³-hybridized carbons (Fsp3) is 0.583. The van der Waals surface area contributed by atoms with Gasteiger partial charge in [0, 0.05) is 19.5 Å². The Labute approximate surface area is 200 Å². The van der Waals surface area contributed by atoms with Gasteiger partial charge >= 0.3 is 12.1 Å². The minimum atomic E-state index is -4.81. The molecule has 1 aromatic rings. The van der Waals surface area contributed by atoms with Gasteiger partial charge in [0.15, 0.2) is 0 Å². The van der Waals surface area contributed by atoms with E-state index in [1.54, 1.807) is 13.8 Å². The maximum Gasteiger partial charge on any atom is 0.417 e. The van der Waals surface area contributed by atoms with E-state index < -0.39 is 58.1 Å². The van der Waals surface area contributed by atoms with Crippen molar-refractivity contribution in [1.29, 1.82) is 5.26 Å². The van der Waals surface area contributed by atoms with Gasteiger partial charge in [0.2, 0.25) is 11.8 Å². The fourth-order valence-electron chi connectivity index (χ4n) is 5.97. The first-order valence-corrected chi connectivity index (χ1v) is 11.4. The Balaban J connectivity index is 1.57. The van der Waals surface area contributed by atoms with E-state index in [1.165, 1.54) is 12.1 Å². The first-order valence-electron chi connectivity index (χ1n) is 11.4. The van der Waals surface area contributed by atoms with Gasteiger partial charge in [-0.1, -0.05) is 6.42 Å². The van der Waals surface area contributed by atoms with Crippen LogP contribution in [0.4, 0.5) is 18.9 Å². The molecule has 3 fully saturated rings.